The van der Waals surface area contributed by atoms with Crippen LogP contribution in [0, 0.1) is 0 Å². The summed E-state index contributed by atoms with van der Waals surface area (Å²) in [5, 5.41) is 3.47. The Labute approximate surface area is 136 Å². The number of hydrogen-bond donors (Lipinski definition) is 1. The molecule has 1 heterocycles. The lowest BCUT2D eigenvalue weighted by molar-refractivity contribution is 0.551. The Kier molecular flexibility index (Phi) is 5.72. The molecule has 1 aromatic carbocycles. The van der Waals surface area contributed by atoms with Gasteiger partial charge in [0.05, 0.1) is 8.67 Å². The molecule has 102 valence electrons. The van der Waals surface area contributed by atoms with Gasteiger partial charge in [0.1, 0.15) is 0 Å². The first-order valence-electron chi connectivity index (χ1n) is 6.02. The minimum Gasteiger partial charge on any atom is -0.310 e. The zero-order valence-electron chi connectivity index (χ0n) is 10.4. The van der Waals surface area contributed by atoms with E-state index in [9.17, 15) is 0 Å². The van der Waals surface area contributed by atoms with E-state index in [-0.39, 0.29) is 6.04 Å². The Morgan fingerprint density at radius 1 is 1.26 bits per heavy atom. The molecule has 0 radical (unpaired) electrons. The summed E-state index contributed by atoms with van der Waals surface area (Å²) in [6.07, 6.45) is 0.897. The number of halogens is 3. The number of benzene rings is 1. The van der Waals surface area contributed by atoms with Gasteiger partial charge in [0.15, 0.2) is 0 Å². The number of likely N-dealkylation sites (N-methyl/N-ethyl adjacent to an activating group) is 1. The van der Waals surface area contributed by atoms with Gasteiger partial charge in [0, 0.05) is 16.1 Å². The third-order valence-electron chi connectivity index (χ3n) is 2.86. The van der Waals surface area contributed by atoms with Crippen LogP contribution in [-0.4, -0.2) is 6.54 Å². The summed E-state index contributed by atoms with van der Waals surface area (Å²) in [5.74, 6) is 0. The Balaban J connectivity index is 2.20. The fraction of sp³-hybridized carbons (Fsp3) is 0.286. The summed E-state index contributed by atoms with van der Waals surface area (Å²) in [6, 6.07) is 10.5. The van der Waals surface area contributed by atoms with Crippen LogP contribution in [0.5, 0.6) is 0 Å². The van der Waals surface area contributed by atoms with Gasteiger partial charge in [-0.2, -0.15) is 0 Å². The number of hydrogen-bond acceptors (Lipinski definition) is 2. The van der Waals surface area contributed by atoms with Crippen molar-refractivity contribution in [1.29, 1.82) is 0 Å². The molecular formula is C14H14BrCl2NS. The van der Waals surface area contributed by atoms with E-state index in [1.807, 2.05) is 6.07 Å². The topological polar surface area (TPSA) is 12.0 Å². The summed E-state index contributed by atoms with van der Waals surface area (Å²) in [7, 11) is 0. The molecule has 5 heteroatoms. The maximum absolute atomic E-state index is 6.25. The van der Waals surface area contributed by atoms with Crippen LogP contribution in [0.25, 0.3) is 0 Å². The van der Waals surface area contributed by atoms with Crippen molar-refractivity contribution in [3.05, 3.63) is 54.6 Å². The highest BCUT2D eigenvalue weighted by Gasteiger charge is 2.17. The lowest BCUT2D eigenvalue weighted by atomic mass is 10.0. The molecule has 1 N–H and O–H groups in total. The maximum Gasteiger partial charge on any atom is 0.0992 e. The first kappa shape index (κ1) is 15.3. The van der Waals surface area contributed by atoms with Crippen molar-refractivity contribution in [3.8, 4) is 0 Å². The second-order valence-corrected chi connectivity index (χ2v) is 7.42. The van der Waals surface area contributed by atoms with Gasteiger partial charge in [0.25, 0.3) is 0 Å². The first-order chi connectivity index (χ1) is 9.10. The van der Waals surface area contributed by atoms with E-state index in [2.05, 4.69) is 52.4 Å². The molecule has 1 nitrogen and oxygen atoms in total. The third-order valence-corrected chi connectivity index (χ3v) is 4.91. The van der Waals surface area contributed by atoms with Crippen LogP contribution < -0.4 is 5.32 Å². The molecule has 2 rings (SSSR count). The summed E-state index contributed by atoms with van der Waals surface area (Å²) in [5.41, 5.74) is 2.36. The standard InChI is InChI=1S/C14H14BrCl2NS/c1-2-18-12(11-8-13(16)19-14(11)17)7-9-3-5-10(15)6-4-9/h3-6,8,12,18H,2,7H2,1H3. The maximum atomic E-state index is 6.25. The molecular weight excluding hydrogens is 365 g/mol. The van der Waals surface area contributed by atoms with Crippen molar-refractivity contribution in [3.63, 3.8) is 0 Å². The lowest BCUT2D eigenvalue weighted by Gasteiger charge is -2.17. The van der Waals surface area contributed by atoms with Gasteiger partial charge < -0.3 is 5.32 Å². The second-order valence-electron chi connectivity index (χ2n) is 4.22. The van der Waals surface area contributed by atoms with Crippen LogP contribution in [0.3, 0.4) is 0 Å². The second kappa shape index (κ2) is 7.09. The van der Waals surface area contributed by atoms with E-state index in [4.69, 9.17) is 23.2 Å². The molecule has 0 saturated carbocycles. The quantitative estimate of drug-likeness (QED) is 0.702. The zero-order valence-corrected chi connectivity index (χ0v) is 14.3. The molecule has 0 spiro atoms. The predicted octanol–water partition coefficient (Wildman–Crippen LogP) is 5.71. The largest absolute Gasteiger partial charge is 0.310 e. The predicted molar refractivity (Wildman–Crippen MR) is 88.6 cm³/mol. The van der Waals surface area contributed by atoms with E-state index in [0.717, 1.165) is 31.7 Å². The Morgan fingerprint density at radius 2 is 1.95 bits per heavy atom. The fourth-order valence-electron chi connectivity index (χ4n) is 1.99. The van der Waals surface area contributed by atoms with Crippen molar-refractivity contribution in [2.24, 2.45) is 0 Å². The minimum atomic E-state index is 0.197. The van der Waals surface area contributed by atoms with Gasteiger partial charge in [-0.1, -0.05) is 58.2 Å². The van der Waals surface area contributed by atoms with Crippen molar-refractivity contribution >= 4 is 50.5 Å². The number of thiophene rings is 1. The molecule has 0 saturated heterocycles. The molecule has 0 aliphatic rings. The van der Waals surface area contributed by atoms with Crippen LogP contribution in [0.2, 0.25) is 8.67 Å². The van der Waals surface area contributed by atoms with E-state index < -0.39 is 0 Å². The fourth-order valence-corrected chi connectivity index (χ4v) is 3.83. The lowest BCUT2D eigenvalue weighted by Crippen LogP contribution is -2.22. The normalized spacial score (nSPS) is 12.6. The van der Waals surface area contributed by atoms with Crippen LogP contribution in [-0.2, 0) is 6.42 Å². The van der Waals surface area contributed by atoms with Gasteiger partial charge in [-0.05, 0) is 36.7 Å². The minimum absolute atomic E-state index is 0.197. The van der Waals surface area contributed by atoms with Crippen molar-refractivity contribution < 1.29 is 0 Å². The van der Waals surface area contributed by atoms with Gasteiger partial charge in [-0.3, -0.25) is 0 Å². The Hall–Kier alpha value is -0.0600. The SMILES string of the molecule is CCNC(Cc1ccc(Br)cc1)c1cc(Cl)sc1Cl. The van der Waals surface area contributed by atoms with Crippen molar-refractivity contribution in [2.75, 3.05) is 6.54 Å². The molecule has 19 heavy (non-hydrogen) atoms. The van der Waals surface area contributed by atoms with Crippen molar-refractivity contribution in [1.82, 2.24) is 5.32 Å². The highest BCUT2D eigenvalue weighted by atomic mass is 79.9. The van der Waals surface area contributed by atoms with Crippen LogP contribution >= 0.6 is 50.5 Å². The van der Waals surface area contributed by atoms with Gasteiger partial charge in [0.2, 0.25) is 0 Å². The molecule has 1 atom stereocenters. The third kappa shape index (κ3) is 4.20. The van der Waals surface area contributed by atoms with E-state index >= 15 is 0 Å². The zero-order chi connectivity index (χ0) is 13.8. The highest BCUT2D eigenvalue weighted by Crippen LogP contribution is 2.36. The molecule has 0 fully saturated rings. The highest BCUT2D eigenvalue weighted by molar-refractivity contribution is 9.10. The Bertz CT molecular complexity index is 539. The average Bonchev–Trinajstić information content (AvgIpc) is 2.71. The smallest absolute Gasteiger partial charge is 0.0992 e. The molecule has 0 aliphatic heterocycles. The number of rotatable bonds is 5. The molecule has 1 aromatic heterocycles. The Morgan fingerprint density at radius 3 is 2.47 bits per heavy atom. The van der Waals surface area contributed by atoms with Crippen LogP contribution in [0.15, 0.2) is 34.8 Å². The van der Waals surface area contributed by atoms with E-state index in [1.54, 1.807) is 0 Å². The molecule has 1 unspecified atom stereocenters. The summed E-state index contributed by atoms with van der Waals surface area (Å²) >= 11 is 17.2. The molecule has 0 bridgehead atoms. The first-order valence-corrected chi connectivity index (χ1v) is 8.39. The van der Waals surface area contributed by atoms with E-state index in [0.29, 0.717) is 0 Å². The molecule has 0 aliphatic carbocycles. The summed E-state index contributed by atoms with van der Waals surface area (Å²) in [6.45, 7) is 2.99. The monoisotopic (exact) mass is 377 g/mol. The molecule has 2 aromatic rings. The summed E-state index contributed by atoms with van der Waals surface area (Å²) < 4.78 is 2.60. The van der Waals surface area contributed by atoms with Gasteiger partial charge >= 0.3 is 0 Å². The number of nitrogens with one attached hydrogen (secondary N) is 1. The van der Waals surface area contributed by atoms with Crippen LogP contribution in [0.4, 0.5) is 0 Å². The van der Waals surface area contributed by atoms with Gasteiger partial charge in [-0.25, -0.2) is 0 Å². The van der Waals surface area contributed by atoms with Gasteiger partial charge in [-0.15, -0.1) is 11.3 Å². The average molecular weight is 379 g/mol. The van der Waals surface area contributed by atoms with Crippen molar-refractivity contribution in [2.45, 2.75) is 19.4 Å². The summed E-state index contributed by atoms with van der Waals surface area (Å²) in [4.78, 5) is 0. The molecule has 0 amide bonds. The van der Waals surface area contributed by atoms with Crippen LogP contribution in [0.1, 0.15) is 24.1 Å². The van der Waals surface area contributed by atoms with E-state index in [1.165, 1.54) is 16.9 Å².